The van der Waals surface area contributed by atoms with Crippen molar-refractivity contribution in [1.29, 1.82) is 0 Å². The number of carboxylic acids is 1. The van der Waals surface area contributed by atoms with Gasteiger partial charge in [-0.15, -0.1) is 0 Å². The third-order valence-electron chi connectivity index (χ3n) is 8.31. The molecule has 2 N–H and O–H groups in total. The highest BCUT2D eigenvalue weighted by atomic mass is 16.4. The number of carboxylic acid groups (broad SMARTS) is 1. The number of nitrogens with one attached hydrogen (secondary N) is 1. The molecule has 0 spiro atoms. The van der Waals surface area contributed by atoms with E-state index in [1.165, 1.54) is 44.9 Å². The lowest BCUT2D eigenvalue weighted by molar-refractivity contribution is -0.163. The molecule has 22 heavy (non-hydrogen) atoms. The Labute approximate surface area is 134 Å². The van der Waals surface area contributed by atoms with E-state index >= 15 is 0 Å². The zero-order chi connectivity index (χ0) is 15.5. The van der Waals surface area contributed by atoms with Crippen LogP contribution >= 0.6 is 0 Å². The van der Waals surface area contributed by atoms with Crippen LogP contribution < -0.4 is 5.32 Å². The molecule has 0 bridgehead atoms. The van der Waals surface area contributed by atoms with Crippen LogP contribution in [-0.4, -0.2) is 23.7 Å². The Kier molecular flexibility index (Phi) is 3.38. The van der Waals surface area contributed by atoms with E-state index in [0.717, 1.165) is 13.0 Å². The van der Waals surface area contributed by atoms with E-state index < -0.39 is 5.97 Å². The molecule has 3 saturated carbocycles. The summed E-state index contributed by atoms with van der Waals surface area (Å²) in [4.78, 5) is 12.1. The van der Waals surface area contributed by atoms with Gasteiger partial charge in [-0.25, -0.2) is 0 Å². The molecule has 1 heterocycles. The summed E-state index contributed by atoms with van der Waals surface area (Å²) in [7, 11) is 0. The highest BCUT2D eigenvalue weighted by Crippen LogP contribution is 2.65. The zero-order valence-electron chi connectivity index (χ0n) is 14.1. The van der Waals surface area contributed by atoms with Crippen molar-refractivity contribution in [3.8, 4) is 0 Å². The van der Waals surface area contributed by atoms with Crippen LogP contribution in [-0.2, 0) is 4.79 Å². The molecule has 3 aliphatic carbocycles. The van der Waals surface area contributed by atoms with Crippen LogP contribution in [0.1, 0.15) is 65.2 Å². The van der Waals surface area contributed by atoms with E-state index in [1.807, 2.05) is 0 Å². The number of hydrogen-bond donors (Lipinski definition) is 2. The van der Waals surface area contributed by atoms with Gasteiger partial charge >= 0.3 is 5.97 Å². The topological polar surface area (TPSA) is 49.3 Å². The predicted molar refractivity (Wildman–Crippen MR) is 86.5 cm³/mol. The van der Waals surface area contributed by atoms with Gasteiger partial charge in [0.05, 0.1) is 5.92 Å². The SMILES string of the molecule is C[C@@]12CCC[C@H]1[C@@H]1C(C(=O)O)CC3NCCC[C@]3(C)[C@@H]1CC2. The van der Waals surface area contributed by atoms with Crippen LogP contribution in [0.15, 0.2) is 0 Å². The van der Waals surface area contributed by atoms with Gasteiger partial charge in [-0.3, -0.25) is 4.79 Å². The van der Waals surface area contributed by atoms with E-state index in [4.69, 9.17) is 0 Å². The van der Waals surface area contributed by atoms with Crippen molar-refractivity contribution in [3.05, 3.63) is 0 Å². The maximum Gasteiger partial charge on any atom is 0.306 e. The van der Waals surface area contributed by atoms with Crippen molar-refractivity contribution in [2.45, 2.75) is 71.3 Å². The number of piperidine rings is 1. The molecule has 2 unspecified atom stereocenters. The normalized spacial score (nSPS) is 54.2. The van der Waals surface area contributed by atoms with Crippen LogP contribution in [0.2, 0.25) is 0 Å². The molecule has 4 fully saturated rings. The Bertz CT molecular complexity index is 478. The summed E-state index contributed by atoms with van der Waals surface area (Å²) in [6, 6.07) is 0.425. The summed E-state index contributed by atoms with van der Waals surface area (Å²) in [6.45, 7) is 6.00. The molecule has 7 atom stereocenters. The summed E-state index contributed by atoms with van der Waals surface area (Å²) in [5, 5.41) is 13.6. The number of rotatable bonds is 1. The Balaban J connectivity index is 1.74. The molecule has 3 nitrogen and oxygen atoms in total. The van der Waals surface area contributed by atoms with Crippen molar-refractivity contribution in [1.82, 2.24) is 5.32 Å². The van der Waals surface area contributed by atoms with E-state index in [-0.39, 0.29) is 5.92 Å². The second-order valence-corrected chi connectivity index (χ2v) is 9.17. The van der Waals surface area contributed by atoms with Crippen LogP contribution in [0.5, 0.6) is 0 Å². The molecule has 0 aromatic rings. The first-order chi connectivity index (χ1) is 10.5. The molecular formula is C19H31NO2. The van der Waals surface area contributed by atoms with Crippen LogP contribution in [0.3, 0.4) is 0 Å². The Morgan fingerprint density at radius 1 is 1.09 bits per heavy atom. The molecule has 0 amide bonds. The molecule has 3 heteroatoms. The summed E-state index contributed by atoms with van der Waals surface area (Å²) < 4.78 is 0. The average molecular weight is 305 g/mol. The average Bonchev–Trinajstić information content (AvgIpc) is 2.87. The predicted octanol–water partition coefficient (Wildman–Crippen LogP) is 3.68. The van der Waals surface area contributed by atoms with Crippen molar-refractivity contribution in [2.24, 2.45) is 34.5 Å². The molecule has 124 valence electrons. The molecule has 4 rings (SSSR count). The lowest BCUT2D eigenvalue weighted by atomic mass is 9.45. The van der Waals surface area contributed by atoms with Gasteiger partial charge in [0, 0.05) is 6.04 Å². The fourth-order valence-corrected chi connectivity index (χ4v) is 7.14. The third kappa shape index (κ3) is 1.93. The van der Waals surface area contributed by atoms with Crippen LogP contribution in [0, 0.1) is 34.5 Å². The van der Waals surface area contributed by atoms with E-state index in [2.05, 4.69) is 19.2 Å². The first kappa shape index (κ1) is 15.0. The zero-order valence-corrected chi connectivity index (χ0v) is 14.1. The quantitative estimate of drug-likeness (QED) is 0.777. The molecule has 0 aromatic heterocycles. The Hall–Kier alpha value is -0.570. The fraction of sp³-hybridized carbons (Fsp3) is 0.947. The lowest BCUT2D eigenvalue weighted by Crippen LogP contribution is -2.63. The number of fused-ring (bicyclic) bond motifs is 5. The molecule has 0 aromatic carbocycles. The van der Waals surface area contributed by atoms with Crippen molar-refractivity contribution in [2.75, 3.05) is 6.54 Å². The number of aliphatic carboxylic acids is 1. The molecule has 1 saturated heterocycles. The summed E-state index contributed by atoms with van der Waals surface area (Å²) in [5.41, 5.74) is 0.763. The van der Waals surface area contributed by atoms with Gasteiger partial charge in [-0.1, -0.05) is 20.3 Å². The van der Waals surface area contributed by atoms with Gasteiger partial charge in [-0.05, 0) is 80.1 Å². The minimum Gasteiger partial charge on any atom is -0.481 e. The maximum atomic E-state index is 12.1. The second kappa shape index (κ2) is 4.96. The molecule has 0 radical (unpaired) electrons. The minimum absolute atomic E-state index is 0.114. The van der Waals surface area contributed by atoms with Gasteiger partial charge in [0.25, 0.3) is 0 Å². The fourth-order valence-electron chi connectivity index (χ4n) is 7.14. The lowest BCUT2D eigenvalue weighted by Gasteiger charge is -2.61. The van der Waals surface area contributed by atoms with Crippen molar-refractivity contribution < 1.29 is 9.90 Å². The summed E-state index contributed by atoms with van der Waals surface area (Å²) >= 11 is 0. The van der Waals surface area contributed by atoms with E-state index in [0.29, 0.717) is 34.6 Å². The molecule has 4 aliphatic rings. The Morgan fingerprint density at radius 3 is 2.68 bits per heavy atom. The molecule has 1 aliphatic heterocycles. The van der Waals surface area contributed by atoms with Gasteiger partial charge in [0.2, 0.25) is 0 Å². The first-order valence-electron chi connectivity index (χ1n) is 9.42. The monoisotopic (exact) mass is 305 g/mol. The smallest absolute Gasteiger partial charge is 0.306 e. The second-order valence-electron chi connectivity index (χ2n) is 9.17. The molecular weight excluding hydrogens is 274 g/mol. The van der Waals surface area contributed by atoms with Gasteiger partial charge in [-0.2, -0.15) is 0 Å². The van der Waals surface area contributed by atoms with Gasteiger partial charge in [0.1, 0.15) is 0 Å². The van der Waals surface area contributed by atoms with Gasteiger partial charge < -0.3 is 10.4 Å². The highest BCUT2D eigenvalue weighted by molar-refractivity contribution is 5.71. The summed E-state index contributed by atoms with van der Waals surface area (Å²) in [6.07, 6.45) is 9.91. The van der Waals surface area contributed by atoms with Crippen LogP contribution in [0.25, 0.3) is 0 Å². The largest absolute Gasteiger partial charge is 0.481 e. The minimum atomic E-state index is -0.527. The van der Waals surface area contributed by atoms with Crippen molar-refractivity contribution >= 4 is 5.97 Å². The van der Waals surface area contributed by atoms with E-state index in [9.17, 15) is 9.90 Å². The number of hydrogen-bond acceptors (Lipinski definition) is 2. The van der Waals surface area contributed by atoms with E-state index in [1.54, 1.807) is 0 Å². The van der Waals surface area contributed by atoms with Crippen LogP contribution in [0.4, 0.5) is 0 Å². The maximum absolute atomic E-state index is 12.1. The first-order valence-corrected chi connectivity index (χ1v) is 9.42. The Morgan fingerprint density at radius 2 is 1.91 bits per heavy atom. The standard InChI is InChI=1S/C19H31NO2/c1-18-7-3-5-13(18)16-12(17(21)22)11-15-19(2,8-4-10-20-15)14(16)6-9-18/h12-16,20H,3-11H2,1-2H3,(H,21,22)/t12?,13-,14+,15?,16-,18-,19+/m0/s1. The third-order valence-corrected chi connectivity index (χ3v) is 8.31. The number of carbonyl (C=O) groups is 1. The van der Waals surface area contributed by atoms with Gasteiger partial charge in [0.15, 0.2) is 0 Å². The summed E-state index contributed by atoms with van der Waals surface area (Å²) in [5.74, 6) is 1.07. The van der Waals surface area contributed by atoms with Crippen molar-refractivity contribution in [3.63, 3.8) is 0 Å². The highest BCUT2D eigenvalue weighted by Gasteiger charge is 2.61.